The van der Waals surface area contributed by atoms with Gasteiger partial charge in [0.1, 0.15) is 0 Å². The zero-order chi connectivity index (χ0) is 18.3. The molecule has 0 N–H and O–H groups in total. The Morgan fingerprint density at radius 3 is 2.42 bits per heavy atom. The molecule has 1 fully saturated rings. The number of nitrogens with zero attached hydrogens (tertiary/aromatic N) is 5. The van der Waals surface area contributed by atoms with E-state index in [0.29, 0.717) is 0 Å². The van der Waals surface area contributed by atoms with E-state index in [9.17, 15) is 0 Å². The normalized spacial score (nSPS) is 23.8. The van der Waals surface area contributed by atoms with Gasteiger partial charge in [-0.25, -0.2) is 4.99 Å². The lowest BCUT2D eigenvalue weighted by Crippen LogP contribution is -2.53. The van der Waals surface area contributed by atoms with E-state index in [-0.39, 0.29) is 6.04 Å². The summed E-state index contributed by atoms with van der Waals surface area (Å²) in [4.78, 5) is 16.7. The third-order valence-corrected chi connectivity index (χ3v) is 5.50. The van der Waals surface area contributed by atoms with Gasteiger partial charge in [0.2, 0.25) is 0 Å². The van der Waals surface area contributed by atoms with Crippen LogP contribution in [0, 0.1) is 0 Å². The molecule has 0 aromatic heterocycles. The lowest BCUT2D eigenvalue weighted by Gasteiger charge is -2.40. The van der Waals surface area contributed by atoms with E-state index >= 15 is 0 Å². The second-order valence-electron chi connectivity index (χ2n) is 7.14. The lowest BCUT2D eigenvalue weighted by molar-refractivity contribution is 0.216. The van der Waals surface area contributed by atoms with E-state index in [0.717, 1.165) is 54.1 Å². The fourth-order valence-corrected chi connectivity index (χ4v) is 3.51. The summed E-state index contributed by atoms with van der Waals surface area (Å²) in [6, 6.07) is 8.06. The van der Waals surface area contributed by atoms with Gasteiger partial charge in [0.05, 0.1) is 17.9 Å². The van der Waals surface area contributed by atoms with Crippen LogP contribution in [0.1, 0.15) is 19.4 Å². The lowest BCUT2D eigenvalue weighted by atomic mass is 10.1. The van der Waals surface area contributed by atoms with Gasteiger partial charge in [0, 0.05) is 43.0 Å². The van der Waals surface area contributed by atoms with Gasteiger partial charge in [0.25, 0.3) is 0 Å². The highest BCUT2D eigenvalue weighted by Crippen LogP contribution is 2.30. The first-order valence-corrected chi connectivity index (χ1v) is 9.44. The summed E-state index contributed by atoms with van der Waals surface area (Å²) in [5, 5.41) is 0.736. The maximum Gasteiger partial charge on any atom is 0.176 e. The molecule has 0 saturated carbocycles. The monoisotopic (exact) mass is 369 g/mol. The van der Waals surface area contributed by atoms with Crippen LogP contribution in [0.15, 0.2) is 52.2 Å². The van der Waals surface area contributed by atoms with Crippen LogP contribution >= 0.6 is 11.6 Å². The van der Waals surface area contributed by atoms with E-state index < -0.39 is 0 Å². The molecule has 0 aliphatic carbocycles. The minimum Gasteiger partial charge on any atom is -0.351 e. The Balaban J connectivity index is 1.74. The van der Waals surface area contributed by atoms with Crippen LogP contribution < -0.4 is 0 Å². The number of rotatable bonds is 1. The number of hydrogen-bond donors (Lipinski definition) is 0. The topological polar surface area (TPSA) is 34.4 Å². The number of hydrogen-bond acceptors (Lipinski definition) is 5. The van der Waals surface area contributed by atoms with Crippen molar-refractivity contribution in [3.63, 3.8) is 0 Å². The highest BCUT2D eigenvalue weighted by Gasteiger charge is 2.32. The van der Waals surface area contributed by atoms with Crippen molar-refractivity contribution in [2.75, 3.05) is 33.2 Å². The highest BCUT2D eigenvalue weighted by molar-refractivity contribution is 6.43. The molecule has 6 heteroatoms. The maximum absolute atomic E-state index is 6.06. The van der Waals surface area contributed by atoms with Crippen molar-refractivity contribution >= 4 is 29.0 Å². The fraction of sp³-hybridized carbons (Fsp3) is 0.400. The van der Waals surface area contributed by atoms with Crippen LogP contribution in [0.3, 0.4) is 0 Å². The molecule has 4 rings (SSSR count). The van der Waals surface area contributed by atoms with Crippen molar-refractivity contribution in [3.8, 4) is 0 Å². The molecular formula is C20H24ClN5. The predicted octanol–water partition coefficient (Wildman–Crippen LogP) is 3.30. The van der Waals surface area contributed by atoms with Crippen LogP contribution in [0.2, 0.25) is 5.02 Å². The second-order valence-corrected chi connectivity index (χ2v) is 7.57. The van der Waals surface area contributed by atoms with Crippen LogP contribution in [-0.2, 0) is 0 Å². The molecule has 3 aliphatic heterocycles. The summed E-state index contributed by atoms with van der Waals surface area (Å²) >= 11 is 6.06. The molecule has 0 amide bonds. The Kier molecular flexibility index (Phi) is 4.59. The quantitative estimate of drug-likeness (QED) is 0.761. The zero-order valence-electron chi connectivity index (χ0n) is 15.5. The first-order chi connectivity index (χ1) is 12.5. The van der Waals surface area contributed by atoms with E-state index in [1.54, 1.807) is 0 Å². The van der Waals surface area contributed by atoms with Crippen LogP contribution in [0.4, 0.5) is 0 Å². The molecule has 1 saturated heterocycles. The molecule has 1 atom stereocenters. The van der Waals surface area contributed by atoms with Gasteiger partial charge in [-0.1, -0.05) is 23.7 Å². The van der Waals surface area contributed by atoms with Crippen molar-refractivity contribution in [1.82, 2.24) is 14.7 Å². The SMILES string of the molecule is CC1=CN2C(c3ccc(Cl)cc3)=CN=C(N3CCN(C)CC3)C2=NC1C. The predicted molar refractivity (Wildman–Crippen MR) is 108 cm³/mol. The van der Waals surface area contributed by atoms with Gasteiger partial charge >= 0.3 is 0 Å². The van der Waals surface area contributed by atoms with Gasteiger partial charge in [-0.2, -0.15) is 0 Å². The van der Waals surface area contributed by atoms with Crippen LogP contribution in [0.25, 0.3) is 5.70 Å². The minimum atomic E-state index is 0.170. The summed E-state index contributed by atoms with van der Waals surface area (Å²) < 4.78 is 0. The zero-order valence-corrected chi connectivity index (χ0v) is 16.2. The molecule has 1 unspecified atom stereocenters. The Morgan fingerprint density at radius 1 is 1.04 bits per heavy atom. The summed E-state index contributed by atoms with van der Waals surface area (Å²) in [6.07, 6.45) is 4.15. The molecule has 5 nitrogen and oxygen atoms in total. The molecule has 0 spiro atoms. The minimum absolute atomic E-state index is 0.170. The van der Waals surface area contributed by atoms with Gasteiger partial charge in [-0.15, -0.1) is 0 Å². The average molecular weight is 370 g/mol. The standard InChI is InChI=1S/C20H24ClN5/c1-14-13-26-18(16-4-6-17(21)7-5-16)12-22-19(20(26)23-15(14)2)25-10-8-24(3)9-11-25/h4-7,12-13,15H,8-11H2,1-3H3. The molecule has 26 heavy (non-hydrogen) atoms. The second kappa shape index (κ2) is 6.89. The van der Waals surface area contributed by atoms with Crippen LogP contribution in [0.5, 0.6) is 0 Å². The first kappa shape index (κ1) is 17.3. The van der Waals surface area contributed by atoms with Gasteiger partial charge < -0.3 is 9.80 Å². The molecule has 3 aliphatic rings. The fourth-order valence-electron chi connectivity index (χ4n) is 3.39. The third-order valence-electron chi connectivity index (χ3n) is 5.25. The summed E-state index contributed by atoms with van der Waals surface area (Å²) in [5.74, 6) is 1.92. The Hall–Kier alpha value is -2.11. The number of halogens is 1. The van der Waals surface area contributed by atoms with Crippen molar-refractivity contribution in [3.05, 3.63) is 52.8 Å². The Morgan fingerprint density at radius 2 is 1.73 bits per heavy atom. The Bertz CT molecular complexity index is 813. The van der Waals surface area contributed by atoms with Gasteiger partial charge in [-0.3, -0.25) is 9.89 Å². The molecule has 0 radical (unpaired) electrons. The van der Waals surface area contributed by atoms with Crippen molar-refractivity contribution in [1.29, 1.82) is 0 Å². The number of aliphatic imine (C=N–C) groups is 2. The summed E-state index contributed by atoms with van der Waals surface area (Å²) in [7, 11) is 2.16. The molecule has 1 aromatic rings. The largest absolute Gasteiger partial charge is 0.351 e. The molecular weight excluding hydrogens is 346 g/mol. The summed E-state index contributed by atoms with van der Waals surface area (Å²) in [5.41, 5.74) is 3.36. The van der Waals surface area contributed by atoms with Gasteiger partial charge in [0.15, 0.2) is 11.7 Å². The van der Waals surface area contributed by atoms with E-state index in [1.165, 1.54) is 5.57 Å². The highest BCUT2D eigenvalue weighted by atomic mass is 35.5. The molecule has 136 valence electrons. The smallest absolute Gasteiger partial charge is 0.176 e. The molecule has 0 bridgehead atoms. The van der Waals surface area contributed by atoms with E-state index in [4.69, 9.17) is 21.6 Å². The maximum atomic E-state index is 6.06. The number of piperazine rings is 1. The first-order valence-electron chi connectivity index (χ1n) is 9.06. The van der Waals surface area contributed by atoms with Crippen molar-refractivity contribution in [2.24, 2.45) is 9.98 Å². The van der Waals surface area contributed by atoms with Crippen molar-refractivity contribution < 1.29 is 0 Å². The number of benzene rings is 1. The average Bonchev–Trinajstić information content (AvgIpc) is 2.64. The van der Waals surface area contributed by atoms with Gasteiger partial charge in [-0.05, 0) is 38.6 Å². The molecule has 1 aromatic carbocycles. The third kappa shape index (κ3) is 3.17. The van der Waals surface area contributed by atoms with Crippen LogP contribution in [-0.4, -0.2) is 65.6 Å². The number of amidine groups is 2. The summed E-state index contributed by atoms with van der Waals surface area (Å²) in [6.45, 7) is 8.31. The molecule has 3 heterocycles. The van der Waals surface area contributed by atoms with E-state index in [2.05, 4.69) is 41.8 Å². The number of likely N-dealkylation sites (N-methyl/N-ethyl adjacent to an activating group) is 1. The van der Waals surface area contributed by atoms with Crippen molar-refractivity contribution in [2.45, 2.75) is 19.9 Å². The number of fused-ring (bicyclic) bond motifs is 1. The van der Waals surface area contributed by atoms with E-state index in [1.807, 2.05) is 30.5 Å². The Labute approximate surface area is 160 Å².